The van der Waals surface area contributed by atoms with Gasteiger partial charge in [0.2, 0.25) is 0 Å². The zero-order valence-corrected chi connectivity index (χ0v) is 19.7. The molecule has 0 radical (unpaired) electrons. The van der Waals surface area contributed by atoms with Crippen LogP contribution in [0, 0.1) is 0 Å². The van der Waals surface area contributed by atoms with Gasteiger partial charge in [0, 0.05) is 31.9 Å². The number of sulfone groups is 1. The van der Waals surface area contributed by atoms with Gasteiger partial charge in [-0.2, -0.15) is 0 Å². The van der Waals surface area contributed by atoms with Crippen LogP contribution in [0.2, 0.25) is 0 Å². The lowest BCUT2D eigenvalue weighted by Gasteiger charge is -2.12. The number of hydrogen-bond acceptors (Lipinski definition) is 10. The minimum Gasteiger partial charge on any atom is -0.389 e. The van der Waals surface area contributed by atoms with Crippen molar-refractivity contribution < 1.29 is 32.3 Å². The molecule has 33 heavy (non-hydrogen) atoms. The summed E-state index contributed by atoms with van der Waals surface area (Å²) in [5.74, 6) is -0.521. The maximum absolute atomic E-state index is 13.0. The van der Waals surface area contributed by atoms with Crippen molar-refractivity contribution in [2.45, 2.75) is 35.7 Å². The summed E-state index contributed by atoms with van der Waals surface area (Å²) in [6, 6.07) is 6.05. The fourth-order valence-electron chi connectivity index (χ4n) is 3.43. The first kappa shape index (κ1) is 23.8. The first-order chi connectivity index (χ1) is 16.0. The van der Waals surface area contributed by atoms with E-state index in [1.807, 2.05) is 0 Å². The van der Waals surface area contributed by atoms with E-state index in [4.69, 9.17) is 19.0 Å². The largest absolute Gasteiger partial charge is 0.389 e. The highest BCUT2D eigenvalue weighted by Crippen LogP contribution is 2.24. The number of methoxy groups -OCH3 is 1. The van der Waals surface area contributed by atoms with Crippen LogP contribution in [0.25, 0.3) is 0 Å². The lowest BCUT2D eigenvalue weighted by Crippen LogP contribution is -2.25. The smallest absolute Gasteiger partial charge is 0.280 e. The Morgan fingerprint density at radius 2 is 1.97 bits per heavy atom. The van der Waals surface area contributed by atoms with E-state index < -0.39 is 21.0 Å². The Labute approximate surface area is 195 Å². The van der Waals surface area contributed by atoms with Crippen molar-refractivity contribution in [2.24, 2.45) is 5.16 Å². The van der Waals surface area contributed by atoms with E-state index in [9.17, 15) is 13.2 Å². The van der Waals surface area contributed by atoms with Gasteiger partial charge in [-0.25, -0.2) is 13.4 Å². The van der Waals surface area contributed by atoms with Crippen molar-refractivity contribution in [2.75, 3.05) is 38.9 Å². The Balaban J connectivity index is 1.55. The summed E-state index contributed by atoms with van der Waals surface area (Å²) in [7, 11) is -1.93. The van der Waals surface area contributed by atoms with Crippen molar-refractivity contribution in [1.82, 2.24) is 4.98 Å². The molecule has 12 heteroatoms. The second kappa shape index (κ2) is 10.7. The predicted molar refractivity (Wildman–Crippen MR) is 121 cm³/mol. The number of benzene rings is 1. The molecule has 0 bridgehead atoms. The molecular formula is C21H25N3O7S2. The summed E-state index contributed by atoms with van der Waals surface area (Å²) in [5.41, 5.74) is 0.431. The maximum atomic E-state index is 13.0. The standard InChI is InChI=1S/C21H25N3O7S2/c1-28-12-16-10-22-21(32-16)23-20(25)19(24-31-15-6-8-29-11-15)14-2-4-17(5-3-14)33(26,27)18-7-9-30-13-18/h2-5,10,15,18H,6-9,11-13H2,1H3,(H,22,23,25)/t15-,18+/m1/s1. The lowest BCUT2D eigenvalue weighted by atomic mass is 10.1. The van der Waals surface area contributed by atoms with Crippen LogP contribution < -0.4 is 5.32 Å². The monoisotopic (exact) mass is 495 g/mol. The summed E-state index contributed by atoms with van der Waals surface area (Å²) in [4.78, 5) is 23.8. The number of amides is 1. The fourth-order valence-corrected chi connectivity index (χ4v) is 5.79. The van der Waals surface area contributed by atoms with Crippen molar-refractivity contribution in [3.05, 3.63) is 40.9 Å². The Hall–Kier alpha value is -2.38. The number of aromatic nitrogens is 1. The van der Waals surface area contributed by atoms with Crippen LogP contribution in [-0.2, 0) is 40.3 Å². The van der Waals surface area contributed by atoms with Crippen LogP contribution in [0.4, 0.5) is 5.13 Å². The van der Waals surface area contributed by atoms with Gasteiger partial charge in [0.15, 0.2) is 26.8 Å². The van der Waals surface area contributed by atoms with E-state index in [0.717, 1.165) is 4.88 Å². The quantitative estimate of drug-likeness (QED) is 0.414. The normalized spacial score (nSPS) is 21.3. The van der Waals surface area contributed by atoms with Crippen LogP contribution in [-0.4, -0.2) is 69.9 Å². The molecule has 4 rings (SSSR count). The van der Waals surface area contributed by atoms with Gasteiger partial charge in [0.1, 0.15) is 0 Å². The second-order valence-electron chi connectivity index (χ2n) is 7.60. The molecule has 1 amide bonds. The van der Waals surface area contributed by atoms with Gasteiger partial charge in [-0.05, 0) is 18.6 Å². The number of oxime groups is 1. The molecule has 178 valence electrons. The fraction of sp³-hybridized carbons (Fsp3) is 0.476. The third-order valence-electron chi connectivity index (χ3n) is 5.24. The number of nitrogens with one attached hydrogen (secondary N) is 1. The van der Waals surface area contributed by atoms with Crippen LogP contribution in [0.15, 0.2) is 40.5 Å². The Kier molecular flexibility index (Phi) is 7.71. The highest BCUT2D eigenvalue weighted by Gasteiger charge is 2.31. The number of carbonyl (C=O) groups excluding carboxylic acids is 1. The first-order valence-corrected chi connectivity index (χ1v) is 12.8. The second-order valence-corrected chi connectivity index (χ2v) is 10.9. The van der Waals surface area contributed by atoms with Gasteiger partial charge in [-0.1, -0.05) is 28.6 Å². The van der Waals surface area contributed by atoms with Gasteiger partial charge in [-0.15, -0.1) is 0 Å². The number of hydrogen-bond donors (Lipinski definition) is 1. The van der Waals surface area contributed by atoms with Crippen molar-refractivity contribution >= 4 is 37.9 Å². The van der Waals surface area contributed by atoms with E-state index in [1.165, 1.54) is 23.5 Å². The summed E-state index contributed by atoms with van der Waals surface area (Å²) in [6.45, 7) is 1.98. The summed E-state index contributed by atoms with van der Waals surface area (Å²) >= 11 is 1.29. The maximum Gasteiger partial charge on any atom is 0.280 e. The van der Waals surface area contributed by atoms with E-state index in [2.05, 4.69) is 15.5 Å². The van der Waals surface area contributed by atoms with Crippen LogP contribution >= 0.6 is 11.3 Å². The topological polar surface area (TPSA) is 125 Å². The highest BCUT2D eigenvalue weighted by molar-refractivity contribution is 7.92. The molecule has 3 heterocycles. The predicted octanol–water partition coefficient (Wildman–Crippen LogP) is 2.00. The molecule has 2 aliphatic rings. The average molecular weight is 496 g/mol. The molecule has 0 unspecified atom stereocenters. The Morgan fingerprint density at radius 1 is 1.21 bits per heavy atom. The molecule has 2 fully saturated rings. The molecule has 0 spiro atoms. The Morgan fingerprint density at radius 3 is 2.64 bits per heavy atom. The number of nitrogens with zero attached hydrogens (tertiary/aromatic N) is 2. The number of ether oxygens (including phenoxy) is 3. The SMILES string of the molecule is COCc1cnc(NC(=O)C(=NO[C@@H]2CCOC2)c2ccc(S(=O)(=O)[C@H]3CCOC3)cc2)s1. The molecule has 1 aromatic carbocycles. The van der Waals surface area contributed by atoms with Gasteiger partial charge in [0.05, 0.1) is 41.5 Å². The van der Waals surface area contributed by atoms with Gasteiger partial charge < -0.3 is 19.0 Å². The molecule has 1 N–H and O–H groups in total. The minimum atomic E-state index is -3.51. The van der Waals surface area contributed by atoms with E-state index in [0.29, 0.717) is 50.0 Å². The number of rotatable bonds is 9. The van der Waals surface area contributed by atoms with Gasteiger partial charge in [0.25, 0.3) is 5.91 Å². The highest BCUT2D eigenvalue weighted by atomic mass is 32.2. The van der Waals surface area contributed by atoms with Crippen LogP contribution in [0.3, 0.4) is 0 Å². The van der Waals surface area contributed by atoms with E-state index >= 15 is 0 Å². The van der Waals surface area contributed by atoms with Gasteiger partial charge in [-0.3, -0.25) is 10.1 Å². The first-order valence-electron chi connectivity index (χ1n) is 10.5. The number of anilines is 1. The molecule has 2 aliphatic heterocycles. The summed E-state index contributed by atoms with van der Waals surface area (Å²) in [6.07, 6.45) is 2.52. The summed E-state index contributed by atoms with van der Waals surface area (Å²) in [5, 5.41) is 6.65. The average Bonchev–Trinajstić information content (AvgIpc) is 3.58. The molecule has 2 saturated heterocycles. The van der Waals surface area contributed by atoms with E-state index in [-0.39, 0.29) is 23.3 Å². The third-order valence-corrected chi connectivity index (χ3v) is 8.30. The van der Waals surface area contributed by atoms with Crippen molar-refractivity contribution in [3.63, 3.8) is 0 Å². The van der Waals surface area contributed by atoms with Crippen molar-refractivity contribution in [3.8, 4) is 0 Å². The number of carbonyl (C=O) groups is 1. The molecule has 0 saturated carbocycles. The number of thiazole rings is 1. The molecule has 0 aliphatic carbocycles. The summed E-state index contributed by atoms with van der Waals surface area (Å²) < 4.78 is 41.2. The molecule has 2 aromatic rings. The zero-order chi connectivity index (χ0) is 23.3. The zero-order valence-electron chi connectivity index (χ0n) is 18.1. The lowest BCUT2D eigenvalue weighted by molar-refractivity contribution is -0.110. The van der Waals surface area contributed by atoms with Crippen molar-refractivity contribution in [1.29, 1.82) is 0 Å². The molecule has 1 aromatic heterocycles. The van der Waals surface area contributed by atoms with Gasteiger partial charge >= 0.3 is 0 Å². The third kappa shape index (κ3) is 5.76. The minimum absolute atomic E-state index is 0.0125. The molecular weight excluding hydrogens is 470 g/mol. The van der Waals surface area contributed by atoms with Crippen LogP contribution in [0.5, 0.6) is 0 Å². The molecule has 10 nitrogen and oxygen atoms in total. The molecule has 2 atom stereocenters. The Bertz CT molecular complexity index is 1090. The van der Waals surface area contributed by atoms with E-state index in [1.54, 1.807) is 25.4 Å². The van der Waals surface area contributed by atoms with Crippen LogP contribution in [0.1, 0.15) is 23.3 Å².